The van der Waals surface area contributed by atoms with Gasteiger partial charge in [0.2, 0.25) is 0 Å². The van der Waals surface area contributed by atoms with Crippen LogP contribution in [-0.2, 0) is 11.3 Å². The van der Waals surface area contributed by atoms with Crippen LogP contribution in [0, 0.1) is 5.82 Å². The van der Waals surface area contributed by atoms with E-state index >= 15 is 0 Å². The highest BCUT2D eigenvalue weighted by molar-refractivity contribution is 6.06. The van der Waals surface area contributed by atoms with E-state index in [2.05, 4.69) is 5.32 Å². The summed E-state index contributed by atoms with van der Waals surface area (Å²) in [5.41, 5.74) is 1.40. The highest BCUT2D eigenvalue weighted by atomic mass is 19.1. The Balaban J connectivity index is 1.62. The van der Waals surface area contributed by atoms with Crippen LogP contribution in [0.3, 0.4) is 0 Å². The minimum Gasteiger partial charge on any atom is -0.483 e. The van der Waals surface area contributed by atoms with Crippen molar-refractivity contribution >= 4 is 17.5 Å². The third kappa shape index (κ3) is 5.42. The molecule has 0 aliphatic rings. The molecule has 0 heterocycles. The van der Waals surface area contributed by atoms with Crippen molar-refractivity contribution in [2.75, 3.05) is 19.0 Å². The van der Waals surface area contributed by atoms with Gasteiger partial charge in [-0.25, -0.2) is 4.39 Å². The van der Waals surface area contributed by atoms with Crippen LogP contribution in [0.1, 0.15) is 15.9 Å². The Morgan fingerprint density at radius 2 is 1.59 bits per heavy atom. The fraction of sp³-hybridized carbons (Fsp3) is 0.130. The first-order valence-electron chi connectivity index (χ1n) is 9.10. The lowest BCUT2D eigenvalue weighted by Crippen LogP contribution is -2.31. The third-order valence-corrected chi connectivity index (χ3v) is 4.31. The number of anilines is 1. The third-order valence-electron chi connectivity index (χ3n) is 4.31. The van der Waals surface area contributed by atoms with E-state index in [0.717, 1.165) is 0 Å². The molecule has 29 heavy (non-hydrogen) atoms. The van der Waals surface area contributed by atoms with Gasteiger partial charge in [0.05, 0.1) is 5.56 Å². The van der Waals surface area contributed by atoms with Gasteiger partial charge in [0.15, 0.2) is 6.61 Å². The number of para-hydroxylation sites is 2. The molecule has 3 rings (SSSR count). The quantitative estimate of drug-likeness (QED) is 0.658. The molecule has 2 amide bonds. The van der Waals surface area contributed by atoms with Gasteiger partial charge in [-0.2, -0.15) is 0 Å². The van der Waals surface area contributed by atoms with Crippen molar-refractivity contribution in [3.05, 3.63) is 95.8 Å². The Morgan fingerprint density at radius 1 is 0.931 bits per heavy atom. The average molecular weight is 392 g/mol. The normalized spacial score (nSPS) is 10.3. The first-order valence-corrected chi connectivity index (χ1v) is 9.10. The first kappa shape index (κ1) is 20.1. The van der Waals surface area contributed by atoms with Crippen molar-refractivity contribution in [3.63, 3.8) is 0 Å². The zero-order chi connectivity index (χ0) is 20.6. The van der Waals surface area contributed by atoms with Crippen molar-refractivity contribution in [2.24, 2.45) is 0 Å². The first-order chi connectivity index (χ1) is 14.0. The Labute approximate surface area is 168 Å². The van der Waals surface area contributed by atoms with Gasteiger partial charge in [-0.05, 0) is 30.3 Å². The highest BCUT2D eigenvalue weighted by Crippen LogP contribution is 2.20. The lowest BCUT2D eigenvalue weighted by atomic mass is 10.2. The van der Waals surface area contributed by atoms with Gasteiger partial charge >= 0.3 is 0 Å². The predicted molar refractivity (Wildman–Crippen MR) is 109 cm³/mol. The molecule has 3 aromatic rings. The van der Waals surface area contributed by atoms with E-state index in [1.807, 2.05) is 18.2 Å². The van der Waals surface area contributed by atoms with Gasteiger partial charge in [-0.15, -0.1) is 0 Å². The molecule has 0 radical (unpaired) electrons. The number of rotatable bonds is 7. The summed E-state index contributed by atoms with van der Waals surface area (Å²) in [6.45, 7) is -0.133. The van der Waals surface area contributed by atoms with E-state index in [1.54, 1.807) is 61.6 Å². The van der Waals surface area contributed by atoms with E-state index < -0.39 is 0 Å². The van der Waals surface area contributed by atoms with E-state index in [4.69, 9.17) is 4.74 Å². The number of hydrogen-bond donors (Lipinski definition) is 1. The second-order valence-corrected chi connectivity index (χ2v) is 6.45. The summed E-state index contributed by atoms with van der Waals surface area (Å²) in [4.78, 5) is 26.3. The van der Waals surface area contributed by atoms with E-state index in [-0.39, 0.29) is 30.8 Å². The van der Waals surface area contributed by atoms with Gasteiger partial charge in [0.25, 0.3) is 11.8 Å². The van der Waals surface area contributed by atoms with Crippen LogP contribution >= 0.6 is 0 Å². The number of hydrogen-bond acceptors (Lipinski definition) is 3. The van der Waals surface area contributed by atoms with E-state index in [9.17, 15) is 14.0 Å². The van der Waals surface area contributed by atoms with Crippen LogP contribution in [0.15, 0.2) is 78.9 Å². The molecule has 0 spiro atoms. The van der Waals surface area contributed by atoms with Crippen molar-refractivity contribution in [3.8, 4) is 5.75 Å². The van der Waals surface area contributed by atoms with Crippen LogP contribution in [0.5, 0.6) is 5.75 Å². The van der Waals surface area contributed by atoms with E-state index in [1.165, 1.54) is 11.0 Å². The maximum atomic E-state index is 13.8. The topological polar surface area (TPSA) is 58.6 Å². The number of amides is 2. The minimum atomic E-state index is -0.365. The largest absolute Gasteiger partial charge is 0.483 e. The number of nitrogens with one attached hydrogen (secondary N) is 1. The summed E-state index contributed by atoms with van der Waals surface area (Å²) >= 11 is 0. The van der Waals surface area contributed by atoms with Crippen LogP contribution in [0.2, 0.25) is 0 Å². The second kappa shape index (κ2) is 9.50. The molecule has 0 saturated heterocycles. The molecular weight excluding hydrogens is 371 g/mol. The Kier molecular flexibility index (Phi) is 6.58. The average Bonchev–Trinajstić information content (AvgIpc) is 2.74. The van der Waals surface area contributed by atoms with Gasteiger partial charge in [-0.3, -0.25) is 9.59 Å². The highest BCUT2D eigenvalue weighted by Gasteiger charge is 2.16. The molecule has 0 unspecified atom stereocenters. The number of carbonyl (C=O) groups excluding carboxylic acids is 2. The van der Waals surface area contributed by atoms with Gasteiger partial charge in [-0.1, -0.05) is 48.5 Å². The molecule has 1 N–H and O–H groups in total. The van der Waals surface area contributed by atoms with Crippen molar-refractivity contribution < 1.29 is 18.7 Å². The number of ether oxygens (including phenoxy) is 1. The Hall–Kier alpha value is -3.67. The number of carbonyl (C=O) groups is 2. The van der Waals surface area contributed by atoms with Crippen molar-refractivity contribution in [1.82, 2.24) is 4.90 Å². The molecule has 0 aromatic heterocycles. The molecule has 0 aliphatic heterocycles. The maximum Gasteiger partial charge on any atom is 0.260 e. The lowest BCUT2D eigenvalue weighted by molar-refractivity contribution is -0.132. The summed E-state index contributed by atoms with van der Waals surface area (Å²) < 4.78 is 19.4. The molecule has 148 valence electrons. The van der Waals surface area contributed by atoms with Gasteiger partial charge < -0.3 is 15.0 Å². The summed E-state index contributed by atoms with van der Waals surface area (Å²) in [6.07, 6.45) is 0. The summed E-state index contributed by atoms with van der Waals surface area (Å²) in [7, 11) is 1.58. The van der Waals surface area contributed by atoms with Crippen LogP contribution in [-0.4, -0.2) is 30.4 Å². The monoisotopic (exact) mass is 392 g/mol. The van der Waals surface area contributed by atoms with Crippen LogP contribution in [0.25, 0.3) is 0 Å². The summed E-state index contributed by atoms with van der Waals surface area (Å²) in [5.74, 6) is -0.727. The molecule has 0 saturated carbocycles. The number of likely N-dealkylation sites (N-methyl/N-ethyl adjacent to an activating group) is 1. The van der Waals surface area contributed by atoms with Crippen LogP contribution < -0.4 is 10.1 Å². The molecule has 0 atom stereocenters. The zero-order valence-electron chi connectivity index (χ0n) is 16.0. The van der Waals surface area contributed by atoms with Crippen molar-refractivity contribution in [1.29, 1.82) is 0 Å². The standard InChI is InChI=1S/C23H21FN2O3/c1-26(15-17-9-5-7-13-20(17)24)22(27)16-29-21-14-8-6-12-19(21)23(28)25-18-10-3-2-4-11-18/h2-14H,15-16H2,1H3,(H,25,28). The number of benzene rings is 3. The number of nitrogens with zero attached hydrogens (tertiary/aromatic N) is 1. The predicted octanol–water partition coefficient (Wildman–Crippen LogP) is 4.12. The fourth-order valence-corrected chi connectivity index (χ4v) is 2.72. The maximum absolute atomic E-state index is 13.8. The SMILES string of the molecule is CN(Cc1ccccc1F)C(=O)COc1ccccc1C(=O)Nc1ccccc1. The Morgan fingerprint density at radius 3 is 2.34 bits per heavy atom. The smallest absolute Gasteiger partial charge is 0.260 e. The Bertz CT molecular complexity index is 992. The zero-order valence-corrected chi connectivity index (χ0v) is 16.0. The minimum absolute atomic E-state index is 0.130. The molecule has 3 aromatic carbocycles. The summed E-state index contributed by atoms with van der Waals surface area (Å²) in [5, 5.41) is 2.79. The van der Waals surface area contributed by atoms with Gasteiger partial charge in [0, 0.05) is 24.8 Å². The summed E-state index contributed by atoms with van der Waals surface area (Å²) in [6, 6.07) is 22.1. The number of halogens is 1. The van der Waals surface area contributed by atoms with Crippen molar-refractivity contribution in [2.45, 2.75) is 6.54 Å². The van der Waals surface area contributed by atoms with Gasteiger partial charge in [0.1, 0.15) is 11.6 Å². The molecule has 0 fully saturated rings. The molecule has 0 bridgehead atoms. The molecule has 6 heteroatoms. The molecular formula is C23H21FN2O3. The molecule has 0 aliphatic carbocycles. The lowest BCUT2D eigenvalue weighted by Gasteiger charge is -2.18. The van der Waals surface area contributed by atoms with Crippen LogP contribution in [0.4, 0.5) is 10.1 Å². The van der Waals surface area contributed by atoms with E-state index in [0.29, 0.717) is 22.6 Å². The molecule has 5 nitrogen and oxygen atoms in total. The second-order valence-electron chi connectivity index (χ2n) is 6.45. The fourth-order valence-electron chi connectivity index (χ4n) is 2.72.